The van der Waals surface area contributed by atoms with E-state index in [2.05, 4.69) is 15.0 Å². The second-order valence-electron chi connectivity index (χ2n) is 6.40. The first-order chi connectivity index (χ1) is 13.0. The molecule has 0 amide bonds. The van der Waals surface area contributed by atoms with Crippen molar-refractivity contribution in [3.63, 3.8) is 0 Å². The Kier molecular flexibility index (Phi) is 4.48. The molecule has 3 aliphatic rings. The van der Waals surface area contributed by atoms with E-state index < -0.39 is 30.1 Å². The van der Waals surface area contributed by atoms with Crippen molar-refractivity contribution in [3.05, 3.63) is 30.3 Å². The van der Waals surface area contributed by atoms with E-state index in [1.807, 2.05) is 0 Å². The fourth-order valence-corrected chi connectivity index (χ4v) is 3.20. The quantitative estimate of drug-likeness (QED) is 0.448. The van der Waals surface area contributed by atoms with E-state index >= 15 is 0 Å². The van der Waals surface area contributed by atoms with Crippen LogP contribution in [0, 0.1) is 0 Å². The molecule has 1 saturated heterocycles. The molecule has 4 rings (SSSR count). The van der Waals surface area contributed by atoms with Gasteiger partial charge in [-0.25, -0.2) is 14.8 Å². The van der Waals surface area contributed by atoms with E-state index in [1.54, 1.807) is 35.2 Å². The van der Waals surface area contributed by atoms with Gasteiger partial charge in [0.1, 0.15) is 36.8 Å². The topological polar surface area (TPSA) is 142 Å². The number of aliphatic hydroxyl groups is 2. The number of esters is 1. The van der Waals surface area contributed by atoms with Crippen molar-refractivity contribution < 1.29 is 24.5 Å². The summed E-state index contributed by atoms with van der Waals surface area (Å²) in [7, 11) is 0. The number of nitrogens with two attached hydrogens (primary N) is 1. The molecule has 1 unspecified atom stereocenters. The van der Waals surface area contributed by atoms with Crippen molar-refractivity contribution in [1.29, 1.82) is 0 Å². The molecule has 0 radical (unpaired) electrons. The number of fused-ring (bicyclic) bond motifs is 1. The maximum Gasteiger partial charge on any atom is 0.361 e. The molecular weight excluding hydrogens is 354 g/mol. The van der Waals surface area contributed by atoms with E-state index in [-0.39, 0.29) is 25.4 Å². The molecule has 0 bridgehead atoms. The number of ether oxygens (including phenoxy) is 2. The molecule has 0 aliphatic carbocycles. The number of aliphatic imine (C=N–C) groups is 3. The minimum absolute atomic E-state index is 0.143. The highest BCUT2D eigenvalue weighted by Crippen LogP contribution is 2.29. The van der Waals surface area contributed by atoms with Crippen molar-refractivity contribution in [2.24, 2.45) is 20.7 Å². The van der Waals surface area contributed by atoms with Crippen LogP contribution in [-0.2, 0) is 9.53 Å². The predicted molar refractivity (Wildman–Crippen MR) is 95.4 cm³/mol. The normalized spacial score (nSPS) is 32.1. The standard InChI is InChI=1S/C17H19N5O5/c18-17(16(25)26-10-4-2-1-3-5-10)14-15(19-8-21-17)22(9-20-14)13-6-11(24)12(7-23)27-13/h1-5,8,11-13,23-24H,6-7,9,18H2/t11-,12+,13+,17?/m0/s1. The third-order valence-corrected chi connectivity index (χ3v) is 4.66. The molecule has 10 heteroatoms. The Morgan fingerprint density at radius 3 is 2.89 bits per heavy atom. The number of aliphatic hydroxyl groups excluding tert-OH is 2. The Morgan fingerprint density at radius 1 is 1.41 bits per heavy atom. The number of carbonyl (C=O) groups excluding carboxylic acids is 1. The van der Waals surface area contributed by atoms with E-state index in [0.717, 1.165) is 0 Å². The second-order valence-corrected chi connectivity index (χ2v) is 6.40. The molecule has 1 fully saturated rings. The smallest absolute Gasteiger partial charge is 0.361 e. The van der Waals surface area contributed by atoms with Gasteiger partial charge in [0.2, 0.25) is 0 Å². The van der Waals surface area contributed by atoms with E-state index in [9.17, 15) is 15.0 Å². The summed E-state index contributed by atoms with van der Waals surface area (Å²) in [6.07, 6.45) is -0.558. The number of hydrogen-bond donors (Lipinski definition) is 3. The highest BCUT2D eigenvalue weighted by atomic mass is 16.5. The van der Waals surface area contributed by atoms with E-state index in [1.165, 1.54) is 6.34 Å². The van der Waals surface area contributed by atoms with Gasteiger partial charge in [0.25, 0.3) is 5.66 Å². The number of hydrogen-bond acceptors (Lipinski definition) is 10. The van der Waals surface area contributed by atoms with Crippen LogP contribution in [-0.4, -0.2) is 76.3 Å². The zero-order chi connectivity index (χ0) is 19.0. The third-order valence-electron chi connectivity index (χ3n) is 4.66. The fourth-order valence-electron chi connectivity index (χ4n) is 3.20. The molecule has 3 aliphatic heterocycles. The number of para-hydroxylation sites is 1. The lowest BCUT2D eigenvalue weighted by atomic mass is 10.0. The first-order valence-electron chi connectivity index (χ1n) is 8.47. The number of rotatable bonds is 4. The number of benzene rings is 1. The minimum atomic E-state index is -1.82. The molecule has 142 valence electrons. The Hall–Kier alpha value is -2.66. The second kappa shape index (κ2) is 6.82. The maximum absolute atomic E-state index is 12.7. The SMILES string of the molecule is NC1(C(=O)Oc2ccccc2)N=CN=C2C1=NCN2[C@H]1C[C@H](O)[C@@H](CO)O1. The molecule has 0 saturated carbocycles. The number of nitrogens with zero attached hydrogens (tertiary/aromatic N) is 4. The molecule has 1 aromatic rings. The van der Waals surface area contributed by atoms with Crippen LogP contribution in [0.5, 0.6) is 5.75 Å². The van der Waals surface area contributed by atoms with Crippen molar-refractivity contribution >= 4 is 23.9 Å². The summed E-state index contributed by atoms with van der Waals surface area (Å²) in [5.41, 5.74) is 4.59. The average molecular weight is 373 g/mol. The molecule has 27 heavy (non-hydrogen) atoms. The van der Waals surface area contributed by atoms with Crippen LogP contribution in [0.25, 0.3) is 0 Å². The van der Waals surface area contributed by atoms with E-state index in [0.29, 0.717) is 11.6 Å². The van der Waals surface area contributed by atoms with E-state index in [4.69, 9.17) is 15.2 Å². The van der Waals surface area contributed by atoms with Gasteiger partial charge >= 0.3 is 5.97 Å². The van der Waals surface area contributed by atoms with Crippen LogP contribution < -0.4 is 10.5 Å². The van der Waals surface area contributed by atoms with Crippen molar-refractivity contribution in [2.45, 2.75) is 30.5 Å². The van der Waals surface area contributed by atoms with Crippen molar-refractivity contribution in [1.82, 2.24) is 4.90 Å². The summed E-state index contributed by atoms with van der Waals surface area (Å²) in [5, 5.41) is 19.2. The van der Waals surface area contributed by atoms with Gasteiger partial charge in [0.15, 0.2) is 5.84 Å². The largest absolute Gasteiger partial charge is 0.423 e. The Bertz CT molecular complexity index is 826. The van der Waals surface area contributed by atoms with Gasteiger partial charge in [-0.1, -0.05) is 18.2 Å². The Labute approximate surface area is 154 Å². The summed E-state index contributed by atoms with van der Waals surface area (Å²) in [5.74, 6) is -0.0954. The molecule has 0 spiro atoms. The molecule has 3 heterocycles. The third kappa shape index (κ3) is 3.02. The van der Waals surface area contributed by atoms with Gasteiger partial charge in [0, 0.05) is 6.42 Å². The predicted octanol–water partition coefficient (Wildman–Crippen LogP) is -1.13. The van der Waals surface area contributed by atoms with Crippen LogP contribution in [0.4, 0.5) is 0 Å². The van der Waals surface area contributed by atoms with Gasteiger partial charge in [-0.05, 0) is 12.1 Å². The summed E-state index contributed by atoms with van der Waals surface area (Å²) in [6, 6.07) is 8.53. The molecule has 4 atom stereocenters. The van der Waals surface area contributed by atoms with Crippen LogP contribution in [0.3, 0.4) is 0 Å². The zero-order valence-corrected chi connectivity index (χ0v) is 14.3. The fraction of sp³-hybridized carbons (Fsp3) is 0.412. The number of carbonyl (C=O) groups is 1. The summed E-state index contributed by atoms with van der Waals surface area (Å²) < 4.78 is 11.0. The molecular formula is C17H19N5O5. The van der Waals surface area contributed by atoms with Crippen molar-refractivity contribution in [2.75, 3.05) is 13.3 Å². The highest BCUT2D eigenvalue weighted by Gasteiger charge is 2.51. The molecule has 1 aromatic carbocycles. The summed E-state index contributed by atoms with van der Waals surface area (Å²) in [6.45, 7) is -0.151. The zero-order valence-electron chi connectivity index (χ0n) is 14.3. The summed E-state index contributed by atoms with van der Waals surface area (Å²) in [4.78, 5) is 26.9. The van der Waals surface area contributed by atoms with Crippen LogP contribution in [0.15, 0.2) is 45.3 Å². The monoisotopic (exact) mass is 373 g/mol. The van der Waals surface area contributed by atoms with Gasteiger partial charge in [0.05, 0.1) is 12.7 Å². The van der Waals surface area contributed by atoms with Crippen LogP contribution >= 0.6 is 0 Å². The Balaban J connectivity index is 1.53. The summed E-state index contributed by atoms with van der Waals surface area (Å²) >= 11 is 0. The first-order valence-corrected chi connectivity index (χ1v) is 8.47. The first kappa shape index (κ1) is 17.7. The van der Waals surface area contributed by atoms with Gasteiger partial charge in [-0.3, -0.25) is 10.7 Å². The van der Waals surface area contributed by atoms with Gasteiger partial charge < -0.3 is 24.6 Å². The molecule has 4 N–H and O–H groups in total. The van der Waals surface area contributed by atoms with Gasteiger partial charge in [-0.15, -0.1) is 0 Å². The minimum Gasteiger partial charge on any atom is -0.423 e. The lowest BCUT2D eigenvalue weighted by molar-refractivity contribution is -0.137. The Morgan fingerprint density at radius 2 is 2.19 bits per heavy atom. The van der Waals surface area contributed by atoms with Crippen LogP contribution in [0.2, 0.25) is 0 Å². The lowest BCUT2D eigenvalue weighted by Gasteiger charge is -2.30. The number of amidine groups is 1. The molecule has 0 aromatic heterocycles. The lowest BCUT2D eigenvalue weighted by Crippen LogP contribution is -2.60. The maximum atomic E-state index is 12.7. The van der Waals surface area contributed by atoms with Gasteiger partial charge in [-0.2, -0.15) is 0 Å². The highest BCUT2D eigenvalue weighted by molar-refractivity contribution is 6.51. The molecule has 10 nitrogen and oxygen atoms in total. The average Bonchev–Trinajstić information content (AvgIpc) is 3.26. The van der Waals surface area contributed by atoms with Crippen molar-refractivity contribution in [3.8, 4) is 5.75 Å². The van der Waals surface area contributed by atoms with Crippen LogP contribution in [0.1, 0.15) is 6.42 Å².